The number of alkyl carbamates (subject to hydrolysis) is 1. The number of allylic oxidation sites excluding steroid dienone is 1. The number of amides is 1. The van der Waals surface area contributed by atoms with Crippen LogP contribution in [0.3, 0.4) is 0 Å². The zero-order valence-corrected chi connectivity index (χ0v) is 20.6. The number of methoxy groups -OCH3 is 1. The summed E-state index contributed by atoms with van der Waals surface area (Å²) in [4.78, 5) is 12.5. The molecule has 0 bridgehead atoms. The molecule has 32 heavy (non-hydrogen) atoms. The summed E-state index contributed by atoms with van der Waals surface area (Å²) in [5.41, 5.74) is 0.773. The van der Waals surface area contributed by atoms with Crippen LogP contribution in [0.15, 0.2) is 11.6 Å². The molecule has 1 amide bonds. The second-order valence-corrected chi connectivity index (χ2v) is 9.86. The first-order chi connectivity index (χ1) is 15.4. The van der Waals surface area contributed by atoms with Crippen molar-refractivity contribution in [1.82, 2.24) is 5.32 Å². The molecule has 0 radical (unpaired) electrons. The highest BCUT2D eigenvalue weighted by Crippen LogP contribution is 2.59. The van der Waals surface area contributed by atoms with Crippen molar-refractivity contribution < 1.29 is 28.5 Å². The molecule has 3 aliphatic rings. The van der Waals surface area contributed by atoms with E-state index in [0.29, 0.717) is 6.54 Å². The van der Waals surface area contributed by atoms with Gasteiger partial charge in [0.2, 0.25) is 0 Å². The lowest BCUT2D eigenvalue weighted by atomic mass is 9.68. The van der Waals surface area contributed by atoms with Crippen LogP contribution in [0.5, 0.6) is 0 Å². The highest BCUT2D eigenvalue weighted by atomic mass is 16.6. The number of hydrogen-bond donors (Lipinski definition) is 1. The Kier molecular flexibility index (Phi) is 9.01. The molecule has 1 spiro atoms. The van der Waals surface area contributed by atoms with Gasteiger partial charge in [0.1, 0.15) is 23.4 Å². The first-order valence-electron chi connectivity index (χ1n) is 12.4. The Morgan fingerprint density at radius 3 is 2.62 bits per heavy atom. The summed E-state index contributed by atoms with van der Waals surface area (Å²) in [6.45, 7) is 11.3. The fourth-order valence-electron chi connectivity index (χ4n) is 5.27. The van der Waals surface area contributed by atoms with E-state index in [0.717, 1.165) is 64.8 Å². The highest BCUT2D eigenvalue weighted by Gasteiger charge is 2.72. The van der Waals surface area contributed by atoms with Crippen LogP contribution in [0.4, 0.5) is 4.79 Å². The molecule has 184 valence electrons. The SMILES string of the molecule is CCOCCCCCCNC(=O)OC1CC[C@]2(CO2)C([C@@]2(C)O[C@@H]2CC=C(C)C)C1OC. The highest BCUT2D eigenvalue weighted by molar-refractivity contribution is 5.67. The fourth-order valence-corrected chi connectivity index (χ4v) is 5.27. The number of carbonyl (C=O) groups is 1. The van der Waals surface area contributed by atoms with Crippen molar-refractivity contribution in [2.45, 2.75) is 102 Å². The van der Waals surface area contributed by atoms with Crippen molar-refractivity contribution in [2.75, 3.05) is 33.5 Å². The molecule has 0 aromatic rings. The lowest BCUT2D eigenvalue weighted by Crippen LogP contribution is -2.56. The zero-order valence-electron chi connectivity index (χ0n) is 20.6. The van der Waals surface area contributed by atoms with Gasteiger partial charge in [-0.05, 0) is 59.8 Å². The molecule has 6 atom stereocenters. The van der Waals surface area contributed by atoms with Crippen LogP contribution < -0.4 is 5.32 Å². The Balaban J connectivity index is 1.48. The molecule has 1 saturated carbocycles. The number of nitrogens with one attached hydrogen (secondary N) is 1. The molecule has 3 unspecified atom stereocenters. The van der Waals surface area contributed by atoms with Crippen LogP contribution in [0, 0.1) is 5.92 Å². The van der Waals surface area contributed by atoms with Crippen molar-refractivity contribution in [3.05, 3.63) is 11.6 Å². The number of epoxide rings is 2. The van der Waals surface area contributed by atoms with Gasteiger partial charge in [-0.3, -0.25) is 0 Å². The van der Waals surface area contributed by atoms with Gasteiger partial charge in [0.05, 0.1) is 18.6 Å². The predicted molar refractivity (Wildman–Crippen MR) is 123 cm³/mol. The summed E-state index contributed by atoms with van der Waals surface area (Å²) in [6.07, 6.45) is 8.16. The van der Waals surface area contributed by atoms with Gasteiger partial charge in [-0.25, -0.2) is 4.79 Å². The first-order valence-corrected chi connectivity index (χ1v) is 12.4. The van der Waals surface area contributed by atoms with E-state index in [1.54, 1.807) is 7.11 Å². The third kappa shape index (κ3) is 6.25. The van der Waals surface area contributed by atoms with Crippen LogP contribution in [0.2, 0.25) is 0 Å². The van der Waals surface area contributed by atoms with Gasteiger partial charge in [0.15, 0.2) is 0 Å². The largest absolute Gasteiger partial charge is 0.443 e. The molecule has 0 aromatic carbocycles. The second kappa shape index (κ2) is 11.3. The molecular weight excluding hydrogens is 410 g/mol. The summed E-state index contributed by atoms with van der Waals surface area (Å²) >= 11 is 0. The van der Waals surface area contributed by atoms with Crippen molar-refractivity contribution in [3.8, 4) is 0 Å². The summed E-state index contributed by atoms with van der Waals surface area (Å²) in [6, 6.07) is 0. The van der Waals surface area contributed by atoms with E-state index in [2.05, 4.69) is 32.2 Å². The van der Waals surface area contributed by atoms with Crippen molar-refractivity contribution >= 4 is 6.09 Å². The minimum absolute atomic E-state index is 0.0486. The zero-order chi connectivity index (χ0) is 23.2. The monoisotopic (exact) mass is 453 g/mol. The standard InChI is InChI=1S/C25H43NO6/c1-6-29-16-10-8-7-9-15-26-23(27)31-19-13-14-25(17-30-25)22(21(19)28-5)24(4)20(32-24)12-11-18(2)3/h11,19-22H,6-10,12-17H2,1-5H3,(H,26,27)/t19?,20-,21?,22?,24+,25+/m1/s1. The Morgan fingerprint density at radius 2 is 1.97 bits per heavy atom. The average Bonchev–Trinajstić information content (AvgIpc) is 3.67. The van der Waals surface area contributed by atoms with E-state index in [1.807, 2.05) is 6.92 Å². The van der Waals surface area contributed by atoms with Crippen molar-refractivity contribution in [2.24, 2.45) is 5.92 Å². The second-order valence-electron chi connectivity index (χ2n) is 9.86. The molecule has 1 aliphatic carbocycles. The normalized spacial score (nSPS) is 35.4. The molecule has 7 heteroatoms. The van der Waals surface area contributed by atoms with Crippen molar-refractivity contribution in [1.29, 1.82) is 0 Å². The van der Waals surface area contributed by atoms with Gasteiger partial charge in [0, 0.05) is 26.9 Å². The molecular formula is C25H43NO6. The number of carbonyl (C=O) groups excluding carboxylic acids is 1. The van der Waals surface area contributed by atoms with Gasteiger partial charge < -0.3 is 29.0 Å². The maximum absolute atomic E-state index is 12.5. The average molecular weight is 454 g/mol. The molecule has 0 aromatic heterocycles. The minimum Gasteiger partial charge on any atom is -0.443 e. The maximum Gasteiger partial charge on any atom is 0.407 e. The number of rotatable bonds is 13. The summed E-state index contributed by atoms with van der Waals surface area (Å²) in [7, 11) is 1.70. The summed E-state index contributed by atoms with van der Waals surface area (Å²) < 4.78 is 29.3. The predicted octanol–water partition coefficient (Wildman–Crippen LogP) is 4.39. The fraction of sp³-hybridized carbons (Fsp3) is 0.880. The molecule has 3 fully saturated rings. The van der Waals surface area contributed by atoms with E-state index in [1.165, 1.54) is 5.57 Å². The minimum atomic E-state index is -0.360. The first kappa shape index (κ1) is 25.5. The van der Waals surface area contributed by atoms with E-state index >= 15 is 0 Å². The van der Waals surface area contributed by atoms with Gasteiger partial charge >= 0.3 is 6.09 Å². The smallest absolute Gasteiger partial charge is 0.407 e. The third-order valence-electron chi connectivity index (χ3n) is 7.18. The number of ether oxygens (including phenoxy) is 5. The van der Waals surface area contributed by atoms with Gasteiger partial charge in [-0.15, -0.1) is 0 Å². The lowest BCUT2D eigenvalue weighted by molar-refractivity contribution is -0.118. The number of hydrogen-bond acceptors (Lipinski definition) is 6. The Morgan fingerprint density at radius 1 is 1.22 bits per heavy atom. The molecule has 2 aliphatic heterocycles. The van der Waals surface area contributed by atoms with E-state index in [9.17, 15) is 4.79 Å². The third-order valence-corrected chi connectivity index (χ3v) is 7.18. The Labute approximate surface area is 193 Å². The van der Waals surface area contributed by atoms with E-state index in [4.69, 9.17) is 23.7 Å². The quantitative estimate of drug-likeness (QED) is 0.253. The Hall–Kier alpha value is -1.15. The molecule has 2 heterocycles. The lowest BCUT2D eigenvalue weighted by Gasteiger charge is -2.42. The summed E-state index contributed by atoms with van der Waals surface area (Å²) in [5.74, 6) is 0.0486. The van der Waals surface area contributed by atoms with E-state index < -0.39 is 0 Å². The summed E-state index contributed by atoms with van der Waals surface area (Å²) in [5, 5.41) is 2.91. The van der Waals surface area contributed by atoms with Gasteiger partial charge in [0.25, 0.3) is 0 Å². The molecule has 7 nitrogen and oxygen atoms in total. The molecule has 3 rings (SSSR count). The van der Waals surface area contributed by atoms with Crippen LogP contribution in [0.1, 0.15) is 72.6 Å². The van der Waals surface area contributed by atoms with Gasteiger partial charge in [-0.1, -0.05) is 24.5 Å². The van der Waals surface area contributed by atoms with E-state index in [-0.39, 0.29) is 41.5 Å². The molecule has 1 N–H and O–H groups in total. The topological polar surface area (TPSA) is 81.9 Å². The number of unbranched alkanes of at least 4 members (excludes halogenated alkanes) is 3. The van der Waals surface area contributed by atoms with Crippen LogP contribution in [0.25, 0.3) is 0 Å². The van der Waals surface area contributed by atoms with Gasteiger partial charge in [-0.2, -0.15) is 0 Å². The Bertz CT molecular complexity index is 644. The van der Waals surface area contributed by atoms with Crippen LogP contribution in [-0.4, -0.2) is 69.1 Å². The van der Waals surface area contributed by atoms with Crippen LogP contribution in [-0.2, 0) is 23.7 Å². The van der Waals surface area contributed by atoms with Crippen molar-refractivity contribution in [3.63, 3.8) is 0 Å². The maximum atomic E-state index is 12.5. The molecule has 2 saturated heterocycles. The van der Waals surface area contributed by atoms with Crippen LogP contribution >= 0.6 is 0 Å².